The van der Waals surface area contributed by atoms with Gasteiger partial charge in [-0.3, -0.25) is 9.59 Å². The number of carbonyl (C=O) groups is 1. The number of ether oxygens (including phenoxy) is 1. The summed E-state index contributed by atoms with van der Waals surface area (Å²) in [6.07, 6.45) is 0. The lowest BCUT2D eigenvalue weighted by molar-refractivity contribution is -0.141. The largest absolute Gasteiger partial charge is 0.464 e. The van der Waals surface area contributed by atoms with Crippen LogP contribution >= 0.6 is 0 Å². The Labute approximate surface area is 104 Å². The molecule has 1 heterocycles. The number of hydrogen-bond acceptors (Lipinski definition) is 4. The van der Waals surface area contributed by atoms with Gasteiger partial charge in [0.25, 0.3) is 5.56 Å². The molecule has 0 aliphatic rings. The Morgan fingerprint density at radius 1 is 1.39 bits per heavy atom. The number of aromatic nitrogens is 2. The van der Waals surface area contributed by atoms with Crippen molar-refractivity contribution in [2.45, 2.75) is 20.4 Å². The number of rotatable bonds is 3. The summed E-state index contributed by atoms with van der Waals surface area (Å²) in [4.78, 5) is 27.0. The normalized spacial score (nSPS) is 10.6. The van der Waals surface area contributed by atoms with E-state index in [1.165, 1.54) is 6.92 Å². The fourth-order valence-corrected chi connectivity index (χ4v) is 1.82. The second-order valence-electron chi connectivity index (χ2n) is 3.98. The monoisotopic (exact) mass is 246 g/mol. The van der Waals surface area contributed by atoms with Gasteiger partial charge < -0.3 is 9.30 Å². The van der Waals surface area contributed by atoms with E-state index in [2.05, 4.69) is 4.98 Å². The van der Waals surface area contributed by atoms with Crippen LogP contribution in [0.4, 0.5) is 0 Å². The molecule has 0 amide bonds. The van der Waals surface area contributed by atoms with Gasteiger partial charge >= 0.3 is 5.97 Å². The Kier molecular flexibility index (Phi) is 3.41. The molecule has 0 fully saturated rings. The van der Waals surface area contributed by atoms with E-state index < -0.39 is 0 Å². The van der Waals surface area contributed by atoms with Crippen LogP contribution < -0.4 is 5.56 Å². The number of para-hydroxylation sites is 2. The van der Waals surface area contributed by atoms with Gasteiger partial charge in [0.15, 0.2) is 0 Å². The van der Waals surface area contributed by atoms with Crippen molar-refractivity contribution in [2.75, 3.05) is 6.61 Å². The molecular weight excluding hydrogens is 232 g/mol. The van der Waals surface area contributed by atoms with Crippen LogP contribution in [0, 0.1) is 6.92 Å². The van der Waals surface area contributed by atoms with Crippen molar-refractivity contribution in [3.8, 4) is 0 Å². The Hall–Kier alpha value is -2.17. The van der Waals surface area contributed by atoms with E-state index in [9.17, 15) is 9.59 Å². The van der Waals surface area contributed by atoms with E-state index in [1.54, 1.807) is 11.5 Å². The van der Waals surface area contributed by atoms with Crippen LogP contribution in [0.25, 0.3) is 11.0 Å². The Morgan fingerprint density at radius 3 is 2.83 bits per heavy atom. The molecule has 5 heteroatoms. The summed E-state index contributed by atoms with van der Waals surface area (Å²) in [6.45, 7) is 3.54. The van der Waals surface area contributed by atoms with Crippen molar-refractivity contribution in [3.63, 3.8) is 0 Å². The third-order valence-electron chi connectivity index (χ3n) is 2.64. The first-order valence-electron chi connectivity index (χ1n) is 5.69. The number of fused-ring (bicyclic) bond motifs is 1. The number of aryl methyl sites for hydroxylation is 1. The molecule has 2 aromatic rings. The smallest absolute Gasteiger partial charge is 0.302 e. The zero-order chi connectivity index (χ0) is 13.1. The molecule has 2 rings (SSSR count). The molecule has 0 N–H and O–H groups in total. The van der Waals surface area contributed by atoms with E-state index >= 15 is 0 Å². The maximum atomic E-state index is 12.0. The summed E-state index contributed by atoms with van der Waals surface area (Å²) in [6, 6.07) is 7.40. The molecule has 0 saturated heterocycles. The molecular formula is C13H14N2O3. The SMILES string of the molecule is CC(=O)OCCn1c(=O)c(C)nc2ccccc21. The number of nitrogens with zero attached hydrogens (tertiary/aromatic N) is 2. The maximum Gasteiger partial charge on any atom is 0.302 e. The number of hydrogen-bond donors (Lipinski definition) is 0. The van der Waals surface area contributed by atoms with E-state index in [0.29, 0.717) is 12.2 Å². The van der Waals surface area contributed by atoms with Crippen LogP contribution in [0.5, 0.6) is 0 Å². The first-order chi connectivity index (χ1) is 8.59. The number of esters is 1. The Morgan fingerprint density at radius 2 is 2.11 bits per heavy atom. The van der Waals surface area contributed by atoms with E-state index in [1.807, 2.05) is 24.3 Å². The van der Waals surface area contributed by atoms with Gasteiger partial charge in [-0.05, 0) is 19.1 Å². The molecule has 0 aliphatic heterocycles. The van der Waals surface area contributed by atoms with Gasteiger partial charge in [0.05, 0.1) is 17.6 Å². The van der Waals surface area contributed by atoms with E-state index in [0.717, 1.165) is 11.0 Å². The second-order valence-corrected chi connectivity index (χ2v) is 3.98. The van der Waals surface area contributed by atoms with Crippen LogP contribution in [0.2, 0.25) is 0 Å². The molecule has 0 unspecified atom stereocenters. The van der Waals surface area contributed by atoms with Gasteiger partial charge in [0.1, 0.15) is 12.3 Å². The Bertz CT molecular complexity index is 646. The van der Waals surface area contributed by atoms with Gasteiger partial charge in [-0.2, -0.15) is 0 Å². The van der Waals surface area contributed by atoms with Crippen LogP contribution in [0.3, 0.4) is 0 Å². The summed E-state index contributed by atoms with van der Waals surface area (Å²) in [5, 5.41) is 0. The zero-order valence-electron chi connectivity index (χ0n) is 10.3. The quantitative estimate of drug-likeness (QED) is 0.765. The summed E-state index contributed by atoms with van der Waals surface area (Å²) < 4.78 is 6.45. The van der Waals surface area contributed by atoms with Gasteiger partial charge in [0, 0.05) is 6.92 Å². The molecule has 0 aliphatic carbocycles. The van der Waals surface area contributed by atoms with Crippen molar-refractivity contribution >= 4 is 17.0 Å². The molecule has 0 bridgehead atoms. The molecule has 1 aromatic heterocycles. The highest BCUT2D eigenvalue weighted by Crippen LogP contribution is 2.09. The predicted octanol–water partition coefficient (Wildman–Crippen LogP) is 1.27. The minimum absolute atomic E-state index is 0.152. The van der Waals surface area contributed by atoms with Crippen molar-refractivity contribution in [2.24, 2.45) is 0 Å². The molecule has 18 heavy (non-hydrogen) atoms. The van der Waals surface area contributed by atoms with Crippen molar-refractivity contribution < 1.29 is 9.53 Å². The van der Waals surface area contributed by atoms with Gasteiger partial charge in [0.2, 0.25) is 0 Å². The Balaban J connectivity index is 2.43. The minimum atomic E-state index is -0.349. The molecule has 0 atom stereocenters. The standard InChI is InChI=1S/C13H14N2O3/c1-9-13(17)15(7-8-18-10(2)16)12-6-4-3-5-11(12)14-9/h3-6H,7-8H2,1-2H3. The first kappa shape index (κ1) is 12.3. The average molecular weight is 246 g/mol. The third kappa shape index (κ3) is 2.40. The molecule has 0 radical (unpaired) electrons. The van der Waals surface area contributed by atoms with Crippen LogP contribution in [0.1, 0.15) is 12.6 Å². The average Bonchev–Trinajstić information content (AvgIpc) is 2.33. The van der Waals surface area contributed by atoms with E-state index in [4.69, 9.17) is 4.74 Å². The van der Waals surface area contributed by atoms with Crippen molar-refractivity contribution in [3.05, 3.63) is 40.3 Å². The molecule has 0 saturated carbocycles. The lowest BCUT2D eigenvalue weighted by atomic mass is 10.3. The molecule has 1 aromatic carbocycles. The van der Waals surface area contributed by atoms with Gasteiger partial charge in [-0.25, -0.2) is 4.98 Å². The molecule has 5 nitrogen and oxygen atoms in total. The highest BCUT2D eigenvalue weighted by Gasteiger charge is 2.07. The third-order valence-corrected chi connectivity index (χ3v) is 2.64. The lowest BCUT2D eigenvalue weighted by Crippen LogP contribution is -2.26. The van der Waals surface area contributed by atoms with Crippen LogP contribution in [0.15, 0.2) is 29.1 Å². The fourth-order valence-electron chi connectivity index (χ4n) is 1.82. The number of benzene rings is 1. The van der Waals surface area contributed by atoms with Crippen molar-refractivity contribution in [1.29, 1.82) is 0 Å². The topological polar surface area (TPSA) is 61.2 Å². The highest BCUT2D eigenvalue weighted by molar-refractivity contribution is 5.74. The minimum Gasteiger partial charge on any atom is -0.464 e. The summed E-state index contributed by atoms with van der Waals surface area (Å²) >= 11 is 0. The summed E-state index contributed by atoms with van der Waals surface area (Å²) in [5.74, 6) is -0.349. The van der Waals surface area contributed by atoms with Crippen molar-refractivity contribution in [1.82, 2.24) is 9.55 Å². The molecule has 94 valence electrons. The van der Waals surface area contributed by atoms with E-state index in [-0.39, 0.29) is 18.1 Å². The van der Waals surface area contributed by atoms with Crippen LogP contribution in [-0.2, 0) is 16.1 Å². The summed E-state index contributed by atoms with van der Waals surface area (Å²) in [5.41, 5.74) is 1.80. The zero-order valence-corrected chi connectivity index (χ0v) is 10.3. The van der Waals surface area contributed by atoms with Crippen LogP contribution in [-0.4, -0.2) is 22.1 Å². The fraction of sp³-hybridized carbons (Fsp3) is 0.308. The molecule has 0 spiro atoms. The van der Waals surface area contributed by atoms with Gasteiger partial charge in [-0.1, -0.05) is 12.1 Å². The highest BCUT2D eigenvalue weighted by atomic mass is 16.5. The lowest BCUT2D eigenvalue weighted by Gasteiger charge is -2.10. The maximum absolute atomic E-state index is 12.0. The number of carbonyl (C=O) groups excluding carboxylic acids is 1. The van der Waals surface area contributed by atoms with Gasteiger partial charge in [-0.15, -0.1) is 0 Å². The first-order valence-corrected chi connectivity index (χ1v) is 5.69. The predicted molar refractivity (Wildman–Crippen MR) is 67.4 cm³/mol. The summed E-state index contributed by atoms with van der Waals surface area (Å²) in [7, 11) is 0. The second kappa shape index (κ2) is 5.00.